The van der Waals surface area contributed by atoms with Crippen molar-refractivity contribution < 1.29 is 23.1 Å². The number of alkyl halides is 3. The molecule has 4 nitrogen and oxygen atoms in total. The summed E-state index contributed by atoms with van der Waals surface area (Å²) >= 11 is 0. The van der Waals surface area contributed by atoms with Crippen molar-refractivity contribution in [2.24, 2.45) is 5.41 Å². The first-order valence-corrected chi connectivity index (χ1v) is 8.46. The predicted molar refractivity (Wildman–Crippen MR) is 93.0 cm³/mol. The van der Waals surface area contributed by atoms with Gasteiger partial charge in [-0.1, -0.05) is 32.4 Å². The van der Waals surface area contributed by atoms with Crippen molar-refractivity contribution in [3.63, 3.8) is 0 Å². The minimum absolute atomic E-state index is 0.0459. The molecule has 0 spiro atoms. The van der Waals surface area contributed by atoms with E-state index in [9.17, 15) is 18.0 Å². The molecule has 1 atom stereocenters. The predicted octanol–water partition coefficient (Wildman–Crippen LogP) is 5.57. The third-order valence-electron chi connectivity index (χ3n) is 4.69. The Kier molecular flexibility index (Phi) is 5.78. The maximum absolute atomic E-state index is 12.9. The summed E-state index contributed by atoms with van der Waals surface area (Å²) in [5.41, 5.74) is 0.00835. The topological polar surface area (TPSA) is 55.1 Å². The molecule has 0 saturated carbocycles. The Hall–Kier alpha value is -2.31. The third-order valence-corrected chi connectivity index (χ3v) is 4.69. The molecule has 1 aromatic heterocycles. The lowest BCUT2D eigenvalue weighted by Gasteiger charge is -2.28. The lowest BCUT2D eigenvalue weighted by atomic mass is 9.86. The number of aromatic carboxylic acids is 1. The molecule has 0 radical (unpaired) electrons. The van der Waals surface area contributed by atoms with Gasteiger partial charge in [0.15, 0.2) is 0 Å². The Bertz CT molecular complexity index is 766. The van der Waals surface area contributed by atoms with Crippen molar-refractivity contribution in [2.45, 2.75) is 52.3 Å². The zero-order chi connectivity index (χ0) is 19.5. The Labute approximate surface area is 150 Å². The van der Waals surface area contributed by atoms with E-state index in [0.29, 0.717) is 12.8 Å². The summed E-state index contributed by atoms with van der Waals surface area (Å²) in [6, 6.07) is 6.50. The van der Waals surface area contributed by atoms with Crippen LogP contribution in [0, 0.1) is 5.41 Å². The van der Waals surface area contributed by atoms with E-state index in [1.165, 1.54) is 19.9 Å². The minimum Gasteiger partial charge on any atom is -0.478 e. The number of aromatic nitrogens is 2. The van der Waals surface area contributed by atoms with Crippen LogP contribution in [0.3, 0.4) is 0 Å². The molecule has 142 valence electrons. The van der Waals surface area contributed by atoms with Crippen LogP contribution in [-0.4, -0.2) is 27.0 Å². The van der Waals surface area contributed by atoms with Crippen LogP contribution in [0.2, 0.25) is 0 Å². The molecule has 0 bridgehead atoms. The van der Waals surface area contributed by atoms with Gasteiger partial charge in [0, 0.05) is 17.8 Å². The van der Waals surface area contributed by atoms with E-state index >= 15 is 0 Å². The number of rotatable bonds is 7. The van der Waals surface area contributed by atoms with Gasteiger partial charge in [-0.25, -0.2) is 4.79 Å². The van der Waals surface area contributed by atoms with E-state index in [1.807, 2.05) is 6.92 Å². The number of benzene rings is 1. The maximum atomic E-state index is 12.9. The van der Waals surface area contributed by atoms with E-state index in [4.69, 9.17) is 5.11 Å². The monoisotopic (exact) mass is 368 g/mol. The smallest absolute Gasteiger partial charge is 0.393 e. The van der Waals surface area contributed by atoms with Gasteiger partial charge in [-0.3, -0.25) is 4.68 Å². The normalized spacial score (nSPS) is 13.6. The number of nitrogens with zero attached hydrogens (tertiary/aromatic N) is 2. The Morgan fingerprint density at radius 1 is 1.27 bits per heavy atom. The van der Waals surface area contributed by atoms with Crippen molar-refractivity contribution in [3.8, 4) is 11.1 Å². The van der Waals surface area contributed by atoms with Gasteiger partial charge >= 0.3 is 12.1 Å². The van der Waals surface area contributed by atoms with E-state index < -0.39 is 17.6 Å². The van der Waals surface area contributed by atoms with Crippen molar-refractivity contribution in [2.75, 3.05) is 0 Å². The largest absolute Gasteiger partial charge is 0.478 e. The molecule has 2 aromatic rings. The molecule has 0 aliphatic heterocycles. The maximum Gasteiger partial charge on any atom is 0.393 e. The molecule has 0 saturated heterocycles. The van der Waals surface area contributed by atoms with Crippen LogP contribution in [0.15, 0.2) is 36.7 Å². The second kappa shape index (κ2) is 7.51. The summed E-state index contributed by atoms with van der Waals surface area (Å²) in [4.78, 5) is 11.1. The molecule has 1 N–H and O–H groups in total. The van der Waals surface area contributed by atoms with Crippen LogP contribution in [0.25, 0.3) is 11.1 Å². The summed E-state index contributed by atoms with van der Waals surface area (Å²) in [6.45, 7) is 4.35. The molecule has 0 amide bonds. The fraction of sp³-hybridized carbons (Fsp3) is 0.474. The van der Waals surface area contributed by atoms with Crippen molar-refractivity contribution >= 4 is 5.97 Å². The summed E-state index contributed by atoms with van der Waals surface area (Å²) in [5, 5.41) is 13.3. The van der Waals surface area contributed by atoms with Gasteiger partial charge in [0.1, 0.15) is 0 Å². The molecular weight excluding hydrogens is 345 g/mol. The van der Waals surface area contributed by atoms with Crippen molar-refractivity contribution in [3.05, 3.63) is 42.2 Å². The van der Waals surface area contributed by atoms with Gasteiger partial charge in [0.05, 0.1) is 17.2 Å². The molecule has 1 aromatic carbocycles. The average Bonchev–Trinajstić information content (AvgIpc) is 3.03. The highest BCUT2D eigenvalue weighted by molar-refractivity contribution is 5.89. The van der Waals surface area contributed by atoms with Gasteiger partial charge < -0.3 is 5.11 Å². The summed E-state index contributed by atoms with van der Waals surface area (Å²) < 4.78 is 40.4. The Balaban J connectivity index is 2.01. The average molecular weight is 368 g/mol. The number of carbonyl (C=O) groups is 1. The fourth-order valence-corrected chi connectivity index (χ4v) is 2.67. The van der Waals surface area contributed by atoms with Crippen LogP contribution >= 0.6 is 0 Å². The van der Waals surface area contributed by atoms with Crippen molar-refractivity contribution in [1.82, 2.24) is 9.78 Å². The quantitative estimate of drug-likeness (QED) is 0.695. The highest BCUT2D eigenvalue weighted by Crippen LogP contribution is 2.41. The van der Waals surface area contributed by atoms with Crippen LogP contribution in [-0.2, 0) is 0 Å². The van der Waals surface area contributed by atoms with Gasteiger partial charge in [-0.15, -0.1) is 0 Å². The third kappa shape index (κ3) is 4.65. The second-order valence-corrected chi connectivity index (χ2v) is 7.22. The summed E-state index contributed by atoms with van der Waals surface area (Å²) in [7, 11) is 0. The van der Waals surface area contributed by atoms with Crippen LogP contribution in [0.4, 0.5) is 13.2 Å². The SMILES string of the molecule is CC(CCCC(C)(C)C(F)(F)F)n1cc(-c2cccc(C(=O)O)c2)cn1. The van der Waals surface area contributed by atoms with Crippen LogP contribution in [0.1, 0.15) is 56.4 Å². The van der Waals surface area contributed by atoms with E-state index in [0.717, 1.165) is 11.1 Å². The standard InChI is InChI=1S/C19H23F3N2O2/c1-13(6-5-9-18(2,3)19(20,21)22)24-12-16(11-23-24)14-7-4-8-15(10-14)17(25)26/h4,7-8,10-13H,5-6,9H2,1-3H3,(H,25,26). The van der Waals surface area contributed by atoms with E-state index in [-0.39, 0.29) is 18.0 Å². The molecule has 7 heteroatoms. The second-order valence-electron chi connectivity index (χ2n) is 7.22. The zero-order valence-electron chi connectivity index (χ0n) is 15.0. The van der Waals surface area contributed by atoms with Gasteiger partial charge in [-0.2, -0.15) is 18.3 Å². The fourth-order valence-electron chi connectivity index (χ4n) is 2.67. The summed E-state index contributed by atoms with van der Waals surface area (Å²) in [6.07, 6.45) is 0.310. The molecule has 2 rings (SSSR count). The Morgan fingerprint density at radius 3 is 2.58 bits per heavy atom. The number of hydrogen-bond acceptors (Lipinski definition) is 2. The molecule has 0 aliphatic carbocycles. The lowest BCUT2D eigenvalue weighted by Crippen LogP contribution is -2.32. The van der Waals surface area contributed by atoms with E-state index in [2.05, 4.69) is 5.10 Å². The van der Waals surface area contributed by atoms with Crippen molar-refractivity contribution in [1.29, 1.82) is 0 Å². The first-order valence-electron chi connectivity index (χ1n) is 8.46. The Morgan fingerprint density at radius 2 is 1.96 bits per heavy atom. The van der Waals surface area contributed by atoms with Gasteiger partial charge in [0.2, 0.25) is 0 Å². The van der Waals surface area contributed by atoms with Crippen LogP contribution in [0.5, 0.6) is 0 Å². The number of halogens is 3. The summed E-state index contributed by atoms with van der Waals surface area (Å²) in [5.74, 6) is -1.00. The molecule has 0 fully saturated rings. The molecule has 1 unspecified atom stereocenters. The zero-order valence-corrected chi connectivity index (χ0v) is 15.0. The molecule has 0 aliphatic rings. The molecule has 1 heterocycles. The highest BCUT2D eigenvalue weighted by Gasteiger charge is 2.46. The molecule has 26 heavy (non-hydrogen) atoms. The van der Waals surface area contributed by atoms with E-state index in [1.54, 1.807) is 35.3 Å². The molecular formula is C19H23F3N2O2. The number of carboxylic acid groups (broad SMARTS) is 1. The lowest BCUT2D eigenvalue weighted by molar-refractivity contribution is -0.214. The number of hydrogen-bond donors (Lipinski definition) is 1. The highest BCUT2D eigenvalue weighted by atomic mass is 19.4. The first kappa shape index (κ1) is 20.0. The van der Waals surface area contributed by atoms with Gasteiger partial charge in [0.25, 0.3) is 0 Å². The van der Waals surface area contributed by atoms with Gasteiger partial charge in [-0.05, 0) is 37.5 Å². The number of carboxylic acids is 1. The van der Waals surface area contributed by atoms with Crippen LogP contribution < -0.4 is 0 Å². The first-order chi connectivity index (χ1) is 12.0. The minimum atomic E-state index is -4.20.